The molecule has 2 saturated heterocycles. The fourth-order valence-corrected chi connectivity index (χ4v) is 6.17. The molecule has 2 aliphatic rings. The van der Waals surface area contributed by atoms with Crippen molar-refractivity contribution in [1.29, 1.82) is 0 Å². The summed E-state index contributed by atoms with van der Waals surface area (Å²) < 4.78 is 12.6. The zero-order valence-electron chi connectivity index (χ0n) is 22.0. The molecule has 0 spiro atoms. The minimum absolute atomic E-state index is 0.0596. The minimum Gasteiger partial charge on any atom is -0.495 e. The van der Waals surface area contributed by atoms with Crippen LogP contribution in [0.2, 0.25) is 10.0 Å². The second-order valence-electron chi connectivity index (χ2n) is 9.62. The van der Waals surface area contributed by atoms with Crippen LogP contribution in [0.25, 0.3) is 22.2 Å². The average Bonchev–Trinajstić information content (AvgIpc) is 3.37. The van der Waals surface area contributed by atoms with E-state index < -0.39 is 0 Å². The second kappa shape index (κ2) is 11.0. The normalized spacial score (nSPS) is 17.8. The van der Waals surface area contributed by atoms with E-state index in [1.54, 1.807) is 34.8 Å². The number of rotatable bonds is 8. The molecule has 0 saturated carbocycles. The van der Waals surface area contributed by atoms with E-state index in [-0.39, 0.29) is 33.6 Å². The van der Waals surface area contributed by atoms with Crippen LogP contribution < -0.4 is 20.3 Å². The number of fused-ring (bicyclic) bond motifs is 1. The summed E-state index contributed by atoms with van der Waals surface area (Å²) in [5, 5.41) is 4.03. The van der Waals surface area contributed by atoms with Crippen molar-refractivity contribution in [2.45, 2.75) is 31.5 Å². The van der Waals surface area contributed by atoms with Gasteiger partial charge in [-0.25, -0.2) is 4.98 Å². The number of carbonyl (C=O) groups is 1. The highest BCUT2D eigenvalue weighted by atomic mass is 35.5. The molecular formula is C27H30Cl2N6O4. The summed E-state index contributed by atoms with van der Waals surface area (Å²) in [4.78, 5) is 39.4. The third-order valence-corrected chi connectivity index (χ3v) is 8.28. The van der Waals surface area contributed by atoms with Gasteiger partial charge in [0.05, 0.1) is 29.8 Å². The van der Waals surface area contributed by atoms with Gasteiger partial charge in [-0.3, -0.25) is 19.1 Å². The zero-order chi connectivity index (χ0) is 27.8. The first kappa shape index (κ1) is 27.2. The van der Waals surface area contributed by atoms with Crippen molar-refractivity contribution in [3.05, 3.63) is 51.4 Å². The lowest BCUT2D eigenvalue weighted by atomic mass is 10.0. The highest BCUT2D eigenvalue weighted by Crippen LogP contribution is 2.45. The number of hydrogen-bond donors (Lipinski definition) is 1. The van der Waals surface area contributed by atoms with E-state index in [0.717, 1.165) is 19.4 Å². The fraction of sp³-hybridized carbons (Fsp3) is 0.407. The molecule has 206 valence electrons. The Labute approximate surface area is 236 Å². The van der Waals surface area contributed by atoms with Crippen molar-refractivity contribution >= 4 is 46.1 Å². The number of hydrogen-bond acceptors (Lipinski definition) is 8. The molecule has 1 aromatic carbocycles. The Hall–Kier alpha value is -3.34. The molecule has 0 aliphatic carbocycles. The maximum atomic E-state index is 14.2. The maximum Gasteiger partial charge on any atom is 0.260 e. The Morgan fingerprint density at radius 2 is 1.90 bits per heavy atom. The molecule has 2 aromatic heterocycles. The van der Waals surface area contributed by atoms with Crippen molar-refractivity contribution in [2.75, 3.05) is 46.2 Å². The molecule has 0 bridgehead atoms. The molecule has 2 aliphatic heterocycles. The Kier molecular flexibility index (Phi) is 7.70. The van der Waals surface area contributed by atoms with Gasteiger partial charge in [-0.15, -0.1) is 0 Å². The summed E-state index contributed by atoms with van der Waals surface area (Å²) in [5.41, 5.74) is 0.848. The smallest absolute Gasteiger partial charge is 0.260 e. The van der Waals surface area contributed by atoms with E-state index in [1.165, 1.54) is 20.3 Å². The first-order valence-corrected chi connectivity index (χ1v) is 13.4. The van der Waals surface area contributed by atoms with E-state index in [2.05, 4.69) is 26.8 Å². The largest absolute Gasteiger partial charge is 0.495 e. The average molecular weight is 573 g/mol. The van der Waals surface area contributed by atoms with Crippen LogP contribution in [0.3, 0.4) is 0 Å². The van der Waals surface area contributed by atoms with E-state index >= 15 is 0 Å². The summed E-state index contributed by atoms with van der Waals surface area (Å²) >= 11 is 13.4. The number of pyridine rings is 1. The number of amides is 1. The van der Waals surface area contributed by atoms with Gasteiger partial charge in [-0.2, -0.15) is 4.98 Å². The van der Waals surface area contributed by atoms with E-state index in [0.29, 0.717) is 59.2 Å². The number of nitrogens with one attached hydrogen (secondary N) is 1. The number of methoxy groups -OCH3 is 2. The lowest BCUT2D eigenvalue weighted by Crippen LogP contribution is -2.62. The van der Waals surface area contributed by atoms with Gasteiger partial charge in [0.1, 0.15) is 17.1 Å². The molecule has 10 nitrogen and oxygen atoms in total. The molecule has 5 rings (SSSR count). The molecule has 12 heteroatoms. The molecule has 1 unspecified atom stereocenters. The fourth-order valence-electron chi connectivity index (χ4n) is 5.47. The first-order valence-electron chi connectivity index (χ1n) is 12.7. The number of carbonyl (C=O) groups excluding carboxylic acids is 1. The van der Waals surface area contributed by atoms with Gasteiger partial charge in [-0.1, -0.05) is 29.8 Å². The lowest BCUT2D eigenvalue weighted by molar-refractivity contribution is -0.133. The molecular weight excluding hydrogens is 543 g/mol. The Bertz CT molecular complexity index is 1480. The maximum absolute atomic E-state index is 14.2. The molecule has 39 heavy (non-hydrogen) atoms. The van der Waals surface area contributed by atoms with Gasteiger partial charge in [0.2, 0.25) is 11.9 Å². The Morgan fingerprint density at radius 1 is 1.21 bits per heavy atom. The highest BCUT2D eigenvalue weighted by molar-refractivity contribution is 6.41. The topological polar surface area (TPSA) is 102 Å². The summed E-state index contributed by atoms with van der Waals surface area (Å²) in [6, 6.07) is 3.62. The van der Waals surface area contributed by atoms with Gasteiger partial charge in [0.25, 0.3) is 5.56 Å². The number of anilines is 1. The predicted octanol–water partition coefficient (Wildman–Crippen LogP) is 3.69. The molecule has 4 heterocycles. The first-order chi connectivity index (χ1) is 18.8. The van der Waals surface area contributed by atoms with E-state index in [9.17, 15) is 9.59 Å². The number of aromatic nitrogens is 3. The lowest BCUT2D eigenvalue weighted by Gasteiger charge is -2.45. The molecule has 1 amide bonds. The van der Waals surface area contributed by atoms with Crippen molar-refractivity contribution < 1.29 is 14.3 Å². The van der Waals surface area contributed by atoms with Crippen LogP contribution in [0.4, 0.5) is 5.95 Å². The standard InChI is InChI=1S/C27H30Cl2N6O4/c1-5-21(36)33-12-17(13-33)34-8-6-7-16(34)14-35-25-15(11-31-27(30-2)32-25)9-18(26(35)37)22-23(28)19(38-3)10-20(39-4)24(22)29/h5,9-11,16-17H,1,6-8,12-14H2,2-4H3,(H,30,31,32). The van der Waals surface area contributed by atoms with Crippen LogP contribution in [0.1, 0.15) is 12.8 Å². The number of nitrogens with zero attached hydrogens (tertiary/aromatic N) is 5. The summed E-state index contributed by atoms with van der Waals surface area (Å²) in [5.74, 6) is 1.02. The second-order valence-corrected chi connectivity index (χ2v) is 10.4. The van der Waals surface area contributed by atoms with E-state index in [1.807, 2.05) is 0 Å². The van der Waals surface area contributed by atoms with Gasteiger partial charge in [0, 0.05) is 62.0 Å². The highest BCUT2D eigenvalue weighted by Gasteiger charge is 2.39. The minimum atomic E-state index is -0.286. The van der Waals surface area contributed by atoms with Crippen LogP contribution >= 0.6 is 23.2 Å². The molecule has 1 atom stereocenters. The molecule has 2 fully saturated rings. The SMILES string of the molecule is C=CC(=O)N1CC(N2CCCC2Cn2c(=O)c(-c3c(Cl)c(OC)cc(OC)c3Cl)cc3cnc(NC)nc32)C1. The monoisotopic (exact) mass is 572 g/mol. The van der Waals surface area contributed by atoms with Crippen LogP contribution in [-0.2, 0) is 11.3 Å². The summed E-state index contributed by atoms with van der Waals surface area (Å²) in [7, 11) is 4.71. The third kappa shape index (κ3) is 4.81. The van der Waals surface area contributed by atoms with Crippen molar-refractivity contribution in [1.82, 2.24) is 24.3 Å². The number of ether oxygens (including phenoxy) is 2. The predicted molar refractivity (Wildman–Crippen MR) is 152 cm³/mol. The molecule has 0 radical (unpaired) electrons. The molecule has 3 aromatic rings. The van der Waals surface area contributed by atoms with E-state index in [4.69, 9.17) is 32.7 Å². The summed E-state index contributed by atoms with van der Waals surface area (Å²) in [6.07, 6.45) is 4.94. The third-order valence-electron chi connectivity index (χ3n) is 7.53. The van der Waals surface area contributed by atoms with Gasteiger partial charge in [0.15, 0.2) is 0 Å². The van der Waals surface area contributed by atoms with Gasteiger partial charge < -0.3 is 19.7 Å². The number of benzene rings is 1. The summed E-state index contributed by atoms with van der Waals surface area (Å²) in [6.45, 7) is 6.19. The van der Waals surface area contributed by atoms with Crippen molar-refractivity contribution in [3.63, 3.8) is 0 Å². The van der Waals surface area contributed by atoms with Gasteiger partial charge in [-0.05, 0) is 31.5 Å². The number of halogens is 2. The van der Waals surface area contributed by atoms with Crippen molar-refractivity contribution in [2.24, 2.45) is 0 Å². The zero-order valence-corrected chi connectivity index (χ0v) is 23.6. The van der Waals surface area contributed by atoms with Crippen LogP contribution in [-0.4, -0.2) is 83.2 Å². The number of likely N-dealkylation sites (tertiary alicyclic amines) is 2. The quantitative estimate of drug-likeness (QED) is 0.408. The Balaban J connectivity index is 1.61. The van der Waals surface area contributed by atoms with Crippen molar-refractivity contribution in [3.8, 4) is 22.6 Å². The Morgan fingerprint density at radius 3 is 2.51 bits per heavy atom. The molecule has 1 N–H and O–H groups in total. The van der Waals surface area contributed by atoms with Gasteiger partial charge >= 0.3 is 0 Å². The van der Waals surface area contributed by atoms with Crippen LogP contribution in [0, 0.1) is 0 Å². The van der Waals surface area contributed by atoms with Crippen LogP contribution in [0.5, 0.6) is 11.5 Å². The van der Waals surface area contributed by atoms with Crippen LogP contribution in [0.15, 0.2) is 35.8 Å².